The van der Waals surface area contributed by atoms with Crippen LogP contribution in [-0.2, 0) is 0 Å². The first-order valence-corrected chi connectivity index (χ1v) is 6.93. The van der Waals surface area contributed by atoms with Crippen LogP contribution < -0.4 is 0 Å². The van der Waals surface area contributed by atoms with Crippen molar-refractivity contribution in [2.45, 2.75) is 12.8 Å². The SMILES string of the molecule is Cc1ccc(F)c(C2C(=O)c3ccccc3C2=O)c1Br. The van der Waals surface area contributed by atoms with E-state index in [-0.39, 0.29) is 17.1 Å². The molecule has 0 amide bonds. The third-order valence-corrected chi connectivity index (χ3v) is 4.64. The Morgan fingerprint density at radius 1 is 1.00 bits per heavy atom. The second-order valence-corrected chi connectivity index (χ2v) is 5.59. The van der Waals surface area contributed by atoms with E-state index >= 15 is 0 Å². The molecule has 2 aromatic carbocycles. The molecule has 4 heteroatoms. The normalized spacial score (nSPS) is 14.8. The van der Waals surface area contributed by atoms with Crippen molar-refractivity contribution in [1.29, 1.82) is 0 Å². The van der Waals surface area contributed by atoms with E-state index in [1.807, 2.05) is 0 Å². The summed E-state index contributed by atoms with van der Waals surface area (Å²) in [5.74, 6) is -2.30. The van der Waals surface area contributed by atoms with E-state index in [0.29, 0.717) is 15.6 Å². The van der Waals surface area contributed by atoms with Gasteiger partial charge in [0.05, 0.1) is 0 Å². The minimum atomic E-state index is -1.08. The van der Waals surface area contributed by atoms with E-state index in [9.17, 15) is 14.0 Å². The monoisotopic (exact) mass is 332 g/mol. The zero-order valence-electron chi connectivity index (χ0n) is 10.6. The molecule has 0 radical (unpaired) electrons. The average Bonchev–Trinajstić information content (AvgIpc) is 2.69. The number of aryl methyl sites for hydroxylation is 1. The Morgan fingerprint density at radius 3 is 2.10 bits per heavy atom. The van der Waals surface area contributed by atoms with E-state index in [0.717, 1.165) is 5.56 Å². The van der Waals surface area contributed by atoms with Gasteiger partial charge in [-0.05, 0) is 18.6 Å². The van der Waals surface area contributed by atoms with Crippen LogP contribution in [0.5, 0.6) is 0 Å². The Balaban J connectivity index is 2.22. The number of hydrogen-bond donors (Lipinski definition) is 0. The quantitative estimate of drug-likeness (QED) is 0.738. The van der Waals surface area contributed by atoms with E-state index in [1.165, 1.54) is 6.07 Å². The van der Waals surface area contributed by atoms with Gasteiger partial charge < -0.3 is 0 Å². The average molecular weight is 333 g/mol. The molecule has 0 saturated carbocycles. The van der Waals surface area contributed by atoms with E-state index < -0.39 is 11.7 Å². The minimum Gasteiger partial charge on any atom is -0.293 e. The molecule has 0 bridgehead atoms. The molecule has 0 spiro atoms. The van der Waals surface area contributed by atoms with Crippen molar-refractivity contribution in [3.8, 4) is 0 Å². The lowest BCUT2D eigenvalue weighted by atomic mass is 9.92. The highest BCUT2D eigenvalue weighted by atomic mass is 79.9. The Kier molecular flexibility index (Phi) is 3.05. The Morgan fingerprint density at radius 2 is 1.55 bits per heavy atom. The lowest BCUT2D eigenvalue weighted by Gasteiger charge is -2.13. The highest BCUT2D eigenvalue weighted by molar-refractivity contribution is 9.10. The maximum atomic E-state index is 14.1. The summed E-state index contributed by atoms with van der Waals surface area (Å²) in [5.41, 5.74) is 1.67. The van der Waals surface area contributed by atoms with Gasteiger partial charge in [-0.15, -0.1) is 0 Å². The first-order valence-electron chi connectivity index (χ1n) is 6.14. The van der Waals surface area contributed by atoms with Gasteiger partial charge in [0.1, 0.15) is 11.7 Å². The number of halogens is 2. The van der Waals surface area contributed by atoms with E-state index in [4.69, 9.17) is 0 Å². The summed E-state index contributed by atoms with van der Waals surface area (Å²) < 4.78 is 14.6. The Hall–Kier alpha value is -1.81. The zero-order chi connectivity index (χ0) is 14.4. The molecule has 100 valence electrons. The molecule has 2 aromatic rings. The van der Waals surface area contributed by atoms with E-state index in [2.05, 4.69) is 15.9 Å². The predicted molar refractivity (Wildman–Crippen MR) is 76.7 cm³/mol. The number of hydrogen-bond acceptors (Lipinski definition) is 2. The summed E-state index contributed by atoms with van der Waals surface area (Å²) in [6.07, 6.45) is 0. The molecule has 20 heavy (non-hydrogen) atoms. The van der Waals surface area contributed by atoms with Crippen molar-refractivity contribution in [3.63, 3.8) is 0 Å². The number of Topliss-reactive ketones (excluding diaryl/α,β-unsaturated/α-hetero) is 2. The fourth-order valence-electron chi connectivity index (χ4n) is 2.55. The number of carbonyl (C=O) groups excluding carboxylic acids is 2. The molecule has 3 rings (SSSR count). The van der Waals surface area contributed by atoms with Crippen LogP contribution in [-0.4, -0.2) is 11.6 Å². The molecular weight excluding hydrogens is 323 g/mol. The molecule has 1 aliphatic carbocycles. The Labute approximate surface area is 123 Å². The van der Waals surface area contributed by atoms with Crippen molar-refractivity contribution in [1.82, 2.24) is 0 Å². The van der Waals surface area contributed by atoms with Crippen molar-refractivity contribution >= 4 is 27.5 Å². The fourth-order valence-corrected chi connectivity index (χ4v) is 3.10. The van der Waals surface area contributed by atoms with E-state index in [1.54, 1.807) is 37.3 Å². The number of ketones is 2. The summed E-state index contributed by atoms with van der Waals surface area (Å²) in [5, 5.41) is 0. The molecule has 0 N–H and O–H groups in total. The smallest absolute Gasteiger partial charge is 0.178 e. The molecule has 0 fully saturated rings. The third kappa shape index (κ3) is 1.75. The molecule has 0 heterocycles. The highest BCUT2D eigenvalue weighted by Crippen LogP contribution is 2.39. The minimum absolute atomic E-state index is 0.135. The van der Waals surface area contributed by atoms with Crippen LogP contribution in [0.25, 0.3) is 0 Å². The van der Waals surface area contributed by atoms with Crippen molar-refractivity contribution in [2.24, 2.45) is 0 Å². The topological polar surface area (TPSA) is 34.1 Å². The summed E-state index contributed by atoms with van der Waals surface area (Å²) in [4.78, 5) is 24.8. The van der Waals surface area contributed by atoms with Gasteiger partial charge in [-0.2, -0.15) is 0 Å². The number of benzene rings is 2. The van der Waals surface area contributed by atoms with Gasteiger partial charge in [0, 0.05) is 21.2 Å². The lowest BCUT2D eigenvalue weighted by molar-refractivity contribution is 0.0887. The van der Waals surface area contributed by atoms with Gasteiger partial charge in [0.15, 0.2) is 11.6 Å². The second-order valence-electron chi connectivity index (χ2n) is 4.80. The molecular formula is C16H10BrFO2. The number of fused-ring (bicyclic) bond motifs is 1. The first-order chi connectivity index (χ1) is 9.52. The van der Waals surface area contributed by atoms with Crippen LogP contribution in [0.1, 0.15) is 37.8 Å². The molecule has 0 aromatic heterocycles. The lowest BCUT2D eigenvalue weighted by Crippen LogP contribution is -2.15. The summed E-state index contributed by atoms with van der Waals surface area (Å²) in [6.45, 7) is 1.80. The van der Waals surface area contributed by atoms with Crippen LogP contribution in [0.4, 0.5) is 4.39 Å². The van der Waals surface area contributed by atoms with Crippen molar-refractivity contribution in [2.75, 3.05) is 0 Å². The molecule has 0 atom stereocenters. The maximum absolute atomic E-state index is 14.1. The third-order valence-electron chi connectivity index (χ3n) is 3.59. The highest BCUT2D eigenvalue weighted by Gasteiger charge is 2.41. The molecule has 1 aliphatic rings. The van der Waals surface area contributed by atoms with Crippen LogP contribution in [0.15, 0.2) is 40.9 Å². The molecule has 2 nitrogen and oxygen atoms in total. The fraction of sp³-hybridized carbons (Fsp3) is 0.125. The van der Waals surface area contributed by atoms with Crippen LogP contribution in [0, 0.1) is 12.7 Å². The predicted octanol–water partition coefficient (Wildman–Crippen LogP) is 4.06. The van der Waals surface area contributed by atoms with Crippen LogP contribution in [0.2, 0.25) is 0 Å². The summed E-state index contributed by atoms with van der Waals surface area (Å²) >= 11 is 3.30. The van der Waals surface area contributed by atoms with Gasteiger partial charge in [0.25, 0.3) is 0 Å². The molecule has 0 saturated heterocycles. The maximum Gasteiger partial charge on any atom is 0.178 e. The zero-order valence-corrected chi connectivity index (χ0v) is 12.2. The van der Waals surface area contributed by atoms with Gasteiger partial charge in [-0.3, -0.25) is 9.59 Å². The number of rotatable bonds is 1. The van der Waals surface area contributed by atoms with Crippen molar-refractivity contribution < 1.29 is 14.0 Å². The molecule has 0 aliphatic heterocycles. The summed E-state index contributed by atoms with van der Waals surface area (Å²) in [7, 11) is 0. The van der Waals surface area contributed by atoms with Crippen molar-refractivity contribution in [3.05, 3.63) is 68.9 Å². The van der Waals surface area contributed by atoms with Gasteiger partial charge in [-0.1, -0.05) is 46.3 Å². The Bertz CT molecular complexity index is 717. The van der Waals surface area contributed by atoms with Gasteiger partial charge in [-0.25, -0.2) is 4.39 Å². The van der Waals surface area contributed by atoms with Gasteiger partial charge in [0.2, 0.25) is 0 Å². The first kappa shape index (κ1) is 13.2. The second kappa shape index (κ2) is 4.63. The molecule has 0 unspecified atom stereocenters. The largest absolute Gasteiger partial charge is 0.293 e. The van der Waals surface area contributed by atoms with Crippen LogP contribution in [0.3, 0.4) is 0 Å². The van der Waals surface area contributed by atoms with Gasteiger partial charge >= 0.3 is 0 Å². The van der Waals surface area contributed by atoms with Crippen LogP contribution >= 0.6 is 15.9 Å². The summed E-state index contributed by atoms with van der Waals surface area (Å²) in [6, 6.07) is 9.52. The standard InChI is InChI=1S/C16H10BrFO2/c1-8-6-7-11(18)12(14(8)17)13-15(19)9-4-2-3-5-10(9)16(13)20/h2-7,13H,1H3. The number of carbonyl (C=O) groups is 2.